The Bertz CT molecular complexity index is 581. The van der Waals surface area contributed by atoms with Crippen LogP contribution in [0.1, 0.15) is 21.5 Å². The Kier molecular flexibility index (Phi) is 5.16. The summed E-state index contributed by atoms with van der Waals surface area (Å²) in [5.74, 6) is -0.164. The average molecular weight is 290 g/mol. The molecule has 0 atom stereocenters. The molecule has 0 aliphatic rings. The van der Waals surface area contributed by atoms with Crippen LogP contribution in [0.2, 0.25) is 5.02 Å². The minimum Gasteiger partial charge on any atom is -0.392 e. The molecule has 0 spiro atoms. The molecule has 2 aromatic carbocycles. The van der Waals surface area contributed by atoms with Crippen molar-refractivity contribution in [3.63, 3.8) is 0 Å². The van der Waals surface area contributed by atoms with E-state index in [-0.39, 0.29) is 12.5 Å². The van der Waals surface area contributed by atoms with E-state index in [9.17, 15) is 4.79 Å². The van der Waals surface area contributed by atoms with Crippen LogP contribution in [0.25, 0.3) is 0 Å². The molecule has 2 N–H and O–H groups in total. The molecule has 0 saturated carbocycles. The van der Waals surface area contributed by atoms with Gasteiger partial charge in [0.05, 0.1) is 17.2 Å². The largest absolute Gasteiger partial charge is 0.392 e. The quantitative estimate of drug-likeness (QED) is 0.889. The number of benzene rings is 2. The van der Waals surface area contributed by atoms with Crippen molar-refractivity contribution >= 4 is 17.5 Å². The molecular weight excluding hydrogens is 274 g/mol. The number of rotatable bonds is 5. The number of aliphatic hydroxyl groups is 1. The first-order chi connectivity index (χ1) is 9.70. The molecule has 0 aliphatic heterocycles. The fraction of sp³-hybridized carbons (Fsp3) is 0.188. The van der Waals surface area contributed by atoms with Gasteiger partial charge in [0, 0.05) is 6.54 Å². The van der Waals surface area contributed by atoms with Crippen LogP contribution >= 0.6 is 11.6 Å². The Balaban J connectivity index is 1.86. The Labute approximate surface area is 123 Å². The molecule has 20 heavy (non-hydrogen) atoms. The molecular formula is C16H16ClNO2. The number of carbonyl (C=O) groups is 1. The summed E-state index contributed by atoms with van der Waals surface area (Å²) < 4.78 is 0. The third-order valence-corrected chi connectivity index (χ3v) is 3.35. The summed E-state index contributed by atoms with van der Waals surface area (Å²) in [7, 11) is 0. The average Bonchev–Trinajstić information content (AvgIpc) is 2.48. The van der Waals surface area contributed by atoms with Gasteiger partial charge in [0.2, 0.25) is 0 Å². The number of carbonyl (C=O) groups excluding carboxylic acids is 1. The van der Waals surface area contributed by atoms with Gasteiger partial charge in [0.25, 0.3) is 5.91 Å². The summed E-state index contributed by atoms with van der Waals surface area (Å²) in [6.07, 6.45) is 0.738. The van der Waals surface area contributed by atoms with E-state index < -0.39 is 0 Å². The van der Waals surface area contributed by atoms with Gasteiger partial charge in [-0.1, -0.05) is 48.0 Å². The number of halogens is 1. The summed E-state index contributed by atoms with van der Waals surface area (Å²) in [6.45, 7) is 0.589. The minimum atomic E-state index is -0.164. The van der Waals surface area contributed by atoms with Gasteiger partial charge in [0.15, 0.2) is 0 Å². The van der Waals surface area contributed by atoms with Crippen LogP contribution in [0.15, 0.2) is 48.5 Å². The standard InChI is InChI=1S/C16H16ClNO2/c17-15-4-2-1-3-14(15)16(20)18-10-9-12-5-7-13(11-19)8-6-12/h1-8,19H,9-11H2,(H,18,20). The molecule has 104 valence electrons. The van der Waals surface area contributed by atoms with Gasteiger partial charge in [-0.25, -0.2) is 0 Å². The van der Waals surface area contributed by atoms with Crippen LogP contribution in [0.5, 0.6) is 0 Å². The molecule has 0 fully saturated rings. The molecule has 1 amide bonds. The van der Waals surface area contributed by atoms with Crippen molar-refractivity contribution < 1.29 is 9.90 Å². The van der Waals surface area contributed by atoms with Gasteiger partial charge >= 0.3 is 0 Å². The molecule has 0 unspecified atom stereocenters. The highest BCUT2D eigenvalue weighted by molar-refractivity contribution is 6.33. The van der Waals surface area contributed by atoms with E-state index in [2.05, 4.69) is 5.32 Å². The molecule has 2 rings (SSSR count). The minimum absolute atomic E-state index is 0.0452. The second kappa shape index (κ2) is 7.08. The zero-order valence-corrected chi connectivity index (χ0v) is 11.7. The predicted octanol–water partition coefficient (Wildman–Crippen LogP) is 2.80. The van der Waals surface area contributed by atoms with Crippen LogP contribution in [0.4, 0.5) is 0 Å². The van der Waals surface area contributed by atoms with Crippen molar-refractivity contribution in [3.8, 4) is 0 Å². The fourth-order valence-corrected chi connectivity index (χ4v) is 2.09. The first-order valence-electron chi connectivity index (χ1n) is 6.42. The molecule has 0 saturated heterocycles. The third-order valence-electron chi connectivity index (χ3n) is 3.02. The van der Waals surface area contributed by atoms with Gasteiger partial charge < -0.3 is 10.4 Å². The second-order valence-electron chi connectivity index (χ2n) is 4.46. The Hall–Kier alpha value is -1.84. The smallest absolute Gasteiger partial charge is 0.252 e. The topological polar surface area (TPSA) is 49.3 Å². The van der Waals surface area contributed by atoms with Gasteiger partial charge in [-0.15, -0.1) is 0 Å². The molecule has 0 aromatic heterocycles. The Morgan fingerprint density at radius 1 is 1.05 bits per heavy atom. The van der Waals surface area contributed by atoms with Crippen LogP contribution in [0.3, 0.4) is 0 Å². The first kappa shape index (κ1) is 14.6. The van der Waals surface area contributed by atoms with Crippen molar-refractivity contribution in [3.05, 3.63) is 70.2 Å². The normalized spacial score (nSPS) is 10.3. The molecule has 4 heteroatoms. The molecule has 0 aliphatic carbocycles. The fourth-order valence-electron chi connectivity index (χ4n) is 1.87. The Morgan fingerprint density at radius 3 is 2.35 bits per heavy atom. The van der Waals surface area contributed by atoms with E-state index in [0.717, 1.165) is 17.5 Å². The van der Waals surface area contributed by atoms with Crippen molar-refractivity contribution in [1.82, 2.24) is 5.32 Å². The number of hydrogen-bond donors (Lipinski definition) is 2. The molecule has 3 nitrogen and oxygen atoms in total. The van der Waals surface area contributed by atoms with Gasteiger partial charge in [-0.05, 0) is 29.7 Å². The van der Waals surface area contributed by atoms with E-state index in [1.165, 1.54) is 0 Å². The van der Waals surface area contributed by atoms with E-state index in [4.69, 9.17) is 16.7 Å². The summed E-state index contributed by atoms with van der Waals surface area (Å²) >= 11 is 5.96. The maximum atomic E-state index is 11.9. The van der Waals surface area contributed by atoms with Crippen LogP contribution in [-0.2, 0) is 13.0 Å². The van der Waals surface area contributed by atoms with E-state index in [1.54, 1.807) is 24.3 Å². The lowest BCUT2D eigenvalue weighted by molar-refractivity contribution is 0.0954. The lowest BCUT2D eigenvalue weighted by Crippen LogP contribution is -2.25. The SMILES string of the molecule is O=C(NCCc1ccc(CO)cc1)c1ccccc1Cl. The summed E-state index contributed by atoms with van der Waals surface area (Å²) in [4.78, 5) is 11.9. The van der Waals surface area contributed by atoms with Crippen LogP contribution in [0, 0.1) is 0 Å². The zero-order valence-electron chi connectivity index (χ0n) is 11.0. The van der Waals surface area contributed by atoms with Crippen molar-refractivity contribution in [2.24, 2.45) is 0 Å². The summed E-state index contributed by atoms with van der Waals surface area (Å²) in [5.41, 5.74) is 2.49. The van der Waals surface area contributed by atoms with Gasteiger partial charge in [0.1, 0.15) is 0 Å². The number of aliphatic hydroxyl groups excluding tert-OH is 1. The summed E-state index contributed by atoms with van der Waals surface area (Å²) in [5, 5.41) is 12.3. The summed E-state index contributed by atoms with van der Waals surface area (Å²) in [6, 6.07) is 14.6. The lowest BCUT2D eigenvalue weighted by Gasteiger charge is -2.07. The first-order valence-corrected chi connectivity index (χ1v) is 6.80. The highest BCUT2D eigenvalue weighted by Crippen LogP contribution is 2.14. The molecule has 0 bridgehead atoms. The highest BCUT2D eigenvalue weighted by atomic mass is 35.5. The molecule has 0 heterocycles. The number of hydrogen-bond acceptors (Lipinski definition) is 2. The molecule has 2 aromatic rings. The van der Waals surface area contributed by atoms with E-state index in [0.29, 0.717) is 17.1 Å². The van der Waals surface area contributed by atoms with E-state index in [1.807, 2.05) is 24.3 Å². The maximum Gasteiger partial charge on any atom is 0.252 e. The van der Waals surface area contributed by atoms with Gasteiger partial charge in [-0.3, -0.25) is 4.79 Å². The second-order valence-corrected chi connectivity index (χ2v) is 4.87. The molecule has 0 radical (unpaired) electrons. The van der Waals surface area contributed by atoms with Crippen molar-refractivity contribution in [2.45, 2.75) is 13.0 Å². The predicted molar refractivity (Wildman–Crippen MR) is 79.9 cm³/mol. The van der Waals surface area contributed by atoms with Crippen LogP contribution < -0.4 is 5.32 Å². The lowest BCUT2D eigenvalue weighted by atomic mass is 10.1. The van der Waals surface area contributed by atoms with Gasteiger partial charge in [-0.2, -0.15) is 0 Å². The van der Waals surface area contributed by atoms with Crippen LogP contribution in [-0.4, -0.2) is 17.6 Å². The van der Waals surface area contributed by atoms with E-state index >= 15 is 0 Å². The zero-order chi connectivity index (χ0) is 14.4. The number of amides is 1. The van der Waals surface area contributed by atoms with Crippen molar-refractivity contribution in [2.75, 3.05) is 6.54 Å². The number of nitrogens with one attached hydrogen (secondary N) is 1. The Morgan fingerprint density at radius 2 is 1.70 bits per heavy atom. The maximum absolute atomic E-state index is 11.9. The third kappa shape index (κ3) is 3.83. The van der Waals surface area contributed by atoms with Crippen molar-refractivity contribution in [1.29, 1.82) is 0 Å². The highest BCUT2D eigenvalue weighted by Gasteiger charge is 2.08. The monoisotopic (exact) mass is 289 g/mol.